The maximum absolute atomic E-state index is 6.10. The van der Waals surface area contributed by atoms with E-state index in [9.17, 15) is 0 Å². The minimum atomic E-state index is 0.285. The van der Waals surface area contributed by atoms with Gasteiger partial charge in [-0.1, -0.05) is 57.1 Å². The molecule has 1 fully saturated rings. The van der Waals surface area contributed by atoms with Crippen LogP contribution in [0.25, 0.3) is 11.1 Å². The predicted molar refractivity (Wildman–Crippen MR) is 132 cm³/mol. The maximum atomic E-state index is 6.10. The number of hydrogen-bond donors (Lipinski definition) is 0. The molecule has 4 rings (SSSR count). The van der Waals surface area contributed by atoms with Gasteiger partial charge in [0.2, 0.25) is 0 Å². The van der Waals surface area contributed by atoms with Gasteiger partial charge in [-0.2, -0.15) is 4.98 Å². The van der Waals surface area contributed by atoms with E-state index < -0.39 is 0 Å². The largest absolute Gasteiger partial charge is 0.493 e. The maximum Gasteiger partial charge on any atom is 0.324 e. The van der Waals surface area contributed by atoms with Crippen molar-refractivity contribution in [2.45, 2.75) is 56.6 Å². The van der Waals surface area contributed by atoms with Crippen molar-refractivity contribution < 1.29 is 9.26 Å². The van der Waals surface area contributed by atoms with Gasteiger partial charge in [-0.3, -0.25) is 0 Å². The van der Waals surface area contributed by atoms with Crippen LogP contribution in [0.5, 0.6) is 5.75 Å². The van der Waals surface area contributed by atoms with Crippen molar-refractivity contribution in [2.75, 3.05) is 24.6 Å². The molecule has 3 aromatic rings. The highest BCUT2D eigenvalue weighted by Crippen LogP contribution is 2.28. The first kappa shape index (κ1) is 22.7. The molecule has 0 saturated carbocycles. The summed E-state index contributed by atoms with van der Waals surface area (Å²) >= 11 is 1.89. The number of hydrogen-bond acceptors (Lipinski definition) is 6. The zero-order valence-electron chi connectivity index (χ0n) is 19.5. The molecule has 5 nitrogen and oxygen atoms in total. The summed E-state index contributed by atoms with van der Waals surface area (Å²) in [6.07, 6.45) is 2.14. The molecule has 2 heterocycles. The van der Waals surface area contributed by atoms with Crippen LogP contribution in [0.4, 0.5) is 6.01 Å². The summed E-state index contributed by atoms with van der Waals surface area (Å²) in [5, 5.41) is 4.67. The van der Waals surface area contributed by atoms with Crippen molar-refractivity contribution in [3.63, 3.8) is 0 Å². The lowest BCUT2D eigenvalue weighted by molar-refractivity contribution is 0.220. The Kier molecular flexibility index (Phi) is 7.40. The van der Waals surface area contributed by atoms with Gasteiger partial charge in [-0.15, -0.1) is 11.8 Å². The molecule has 32 heavy (non-hydrogen) atoms. The van der Waals surface area contributed by atoms with Crippen LogP contribution < -0.4 is 9.64 Å². The SMILES string of the molecule is CC(C)Sc1ccc(-c2ccc(OCC3CCN(c4nc(C(C)C)no4)CC3)cc2)cc1. The van der Waals surface area contributed by atoms with E-state index in [0.717, 1.165) is 44.1 Å². The first-order valence-corrected chi connectivity index (χ1v) is 12.4. The molecule has 0 atom stereocenters. The van der Waals surface area contributed by atoms with Gasteiger partial charge in [0.25, 0.3) is 0 Å². The van der Waals surface area contributed by atoms with E-state index >= 15 is 0 Å². The van der Waals surface area contributed by atoms with E-state index in [1.165, 1.54) is 16.0 Å². The van der Waals surface area contributed by atoms with Crippen LogP contribution in [-0.2, 0) is 0 Å². The van der Waals surface area contributed by atoms with Gasteiger partial charge in [0.1, 0.15) is 5.75 Å². The highest BCUT2D eigenvalue weighted by molar-refractivity contribution is 7.99. The second kappa shape index (κ2) is 10.4. The van der Waals surface area contributed by atoms with Crippen molar-refractivity contribution in [1.82, 2.24) is 10.1 Å². The van der Waals surface area contributed by atoms with Crippen LogP contribution in [0.15, 0.2) is 57.9 Å². The van der Waals surface area contributed by atoms with Crippen molar-refractivity contribution >= 4 is 17.8 Å². The predicted octanol–water partition coefficient (Wildman–Crippen LogP) is 6.66. The summed E-state index contributed by atoms with van der Waals surface area (Å²) in [5.74, 6) is 2.54. The van der Waals surface area contributed by atoms with Gasteiger partial charge in [0.05, 0.1) is 6.61 Å². The first-order chi connectivity index (χ1) is 15.5. The van der Waals surface area contributed by atoms with Gasteiger partial charge in [-0.05, 0) is 54.2 Å². The van der Waals surface area contributed by atoms with Crippen LogP contribution in [-0.4, -0.2) is 35.1 Å². The number of rotatable bonds is 8. The zero-order valence-corrected chi connectivity index (χ0v) is 20.3. The standard InChI is InChI=1S/C26H33N3O2S/c1-18(2)25-27-26(31-28-25)29-15-13-20(14-16-29)17-30-23-9-5-21(6-10-23)22-7-11-24(12-8-22)32-19(3)4/h5-12,18-20H,13-17H2,1-4H3. The summed E-state index contributed by atoms with van der Waals surface area (Å²) in [7, 11) is 0. The Morgan fingerprint density at radius 3 is 2.16 bits per heavy atom. The number of aromatic nitrogens is 2. The lowest BCUT2D eigenvalue weighted by Gasteiger charge is -2.30. The number of ether oxygens (including phenoxy) is 1. The van der Waals surface area contributed by atoms with Gasteiger partial charge >= 0.3 is 6.01 Å². The summed E-state index contributed by atoms with van der Waals surface area (Å²) in [5.41, 5.74) is 2.45. The Balaban J connectivity index is 1.25. The molecular formula is C26H33N3O2S. The Morgan fingerprint density at radius 2 is 1.59 bits per heavy atom. The second-order valence-electron chi connectivity index (χ2n) is 9.05. The normalized spacial score (nSPS) is 15.0. The van der Waals surface area contributed by atoms with E-state index in [2.05, 4.69) is 91.3 Å². The van der Waals surface area contributed by atoms with Crippen molar-refractivity contribution in [3.05, 3.63) is 54.4 Å². The Bertz CT molecular complexity index is 975. The van der Waals surface area contributed by atoms with E-state index in [-0.39, 0.29) is 5.92 Å². The summed E-state index contributed by atoms with van der Waals surface area (Å²) < 4.78 is 11.5. The molecule has 1 saturated heterocycles. The van der Waals surface area contributed by atoms with E-state index in [1.54, 1.807) is 0 Å². The van der Waals surface area contributed by atoms with Crippen LogP contribution in [0.3, 0.4) is 0 Å². The van der Waals surface area contributed by atoms with Gasteiger partial charge < -0.3 is 14.2 Å². The molecule has 0 aliphatic carbocycles. The average molecular weight is 452 g/mol. The molecule has 0 N–H and O–H groups in total. The highest BCUT2D eigenvalue weighted by Gasteiger charge is 2.24. The second-order valence-corrected chi connectivity index (χ2v) is 10.7. The van der Waals surface area contributed by atoms with Gasteiger partial charge in [0, 0.05) is 29.2 Å². The molecule has 1 aliphatic heterocycles. The van der Waals surface area contributed by atoms with E-state index in [0.29, 0.717) is 17.2 Å². The fourth-order valence-corrected chi connectivity index (χ4v) is 4.67. The minimum Gasteiger partial charge on any atom is -0.493 e. The molecule has 1 aliphatic rings. The molecule has 0 bridgehead atoms. The molecular weight excluding hydrogens is 418 g/mol. The quantitative estimate of drug-likeness (QED) is 0.357. The third-order valence-electron chi connectivity index (χ3n) is 5.73. The number of thioether (sulfide) groups is 1. The topological polar surface area (TPSA) is 51.4 Å². The molecule has 0 unspecified atom stereocenters. The average Bonchev–Trinajstić information content (AvgIpc) is 3.29. The third-order valence-corrected chi connectivity index (χ3v) is 6.75. The summed E-state index contributed by atoms with van der Waals surface area (Å²) in [4.78, 5) is 8.02. The molecule has 0 spiro atoms. The van der Waals surface area contributed by atoms with Gasteiger partial charge in [-0.25, -0.2) is 0 Å². The minimum absolute atomic E-state index is 0.285. The molecule has 6 heteroatoms. The smallest absolute Gasteiger partial charge is 0.324 e. The van der Waals surface area contributed by atoms with E-state index in [4.69, 9.17) is 9.26 Å². The molecule has 0 amide bonds. The number of nitrogens with zero attached hydrogens (tertiary/aromatic N) is 3. The molecule has 1 aromatic heterocycles. The highest BCUT2D eigenvalue weighted by atomic mass is 32.2. The fraction of sp³-hybridized carbons (Fsp3) is 0.462. The van der Waals surface area contributed by atoms with E-state index in [1.807, 2.05) is 11.8 Å². The Morgan fingerprint density at radius 1 is 0.969 bits per heavy atom. The molecule has 170 valence electrons. The van der Waals surface area contributed by atoms with Gasteiger partial charge in [0.15, 0.2) is 5.82 Å². The Hall–Kier alpha value is -2.47. The van der Waals surface area contributed by atoms with Crippen LogP contribution in [0.1, 0.15) is 52.3 Å². The first-order valence-electron chi connectivity index (χ1n) is 11.6. The fourth-order valence-electron chi connectivity index (χ4n) is 3.84. The third kappa shape index (κ3) is 5.85. The van der Waals surface area contributed by atoms with Crippen LogP contribution in [0.2, 0.25) is 0 Å². The van der Waals surface area contributed by atoms with Crippen molar-refractivity contribution in [2.24, 2.45) is 5.92 Å². The van der Waals surface area contributed by atoms with Crippen molar-refractivity contribution in [1.29, 1.82) is 0 Å². The molecule has 0 radical (unpaired) electrons. The van der Waals surface area contributed by atoms with Crippen LogP contribution in [0, 0.1) is 5.92 Å². The molecule has 2 aromatic carbocycles. The Labute approximate surface area is 195 Å². The monoisotopic (exact) mass is 451 g/mol. The van der Waals surface area contributed by atoms with Crippen molar-refractivity contribution in [3.8, 4) is 16.9 Å². The number of anilines is 1. The number of piperidine rings is 1. The lowest BCUT2D eigenvalue weighted by atomic mass is 9.98. The summed E-state index contributed by atoms with van der Waals surface area (Å²) in [6, 6.07) is 17.9. The van der Waals surface area contributed by atoms with Crippen LogP contribution >= 0.6 is 11.8 Å². The zero-order chi connectivity index (χ0) is 22.5. The number of benzene rings is 2. The summed E-state index contributed by atoms with van der Waals surface area (Å²) in [6.45, 7) is 11.2. The lowest BCUT2D eigenvalue weighted by Crippen LogP contribution is -2.35.